The molecular formula is C10H7BrF2O. The highest BCUT2D eigenvalue weighted by molar-refractivity contribution is 9.10. The summed E-state index contributed by atoms with van der Waals surface area (Å²) >= 11 is 2.06. The summed E-state index contributed by atoms with van der Waals surface area (Å²) in [6.45, 7) is 0. The fraction of sp³-hybridized carbons (Fsp3) is 0.200. The Bertz CT molecular complexity index is 348. The van der Waals surface area contributed by atoms with Gasteiger partial charge in [0.05, 0.1) is 0 Å². The Labute approximate surface area is 88.9 Å². The Morgan fingerprint density at radius 3 is 2.36 bits per heavy atom. The van der Waals surface area contributed by atoms with Crippen LogP contribution in [0.3, 0.4) is 0 Å². The van der Waals surface area contributed by atoms with E-state index in [4.69, 9.17) is 0 Å². The molecule has 0 aromatic heterocycles. The zero-order valence-corrected chi connectivity index (χ0v) is 8.63. The highest BCUT2D eigenvalue weighted by atomic mass is 79.9. The average Bonchev–Trinajstić information content (AvgIpc) is 2.14. The number of halogens is 3. The number of hydrogen-bond acceptors (Lipinski definition) is 1. The van der Waals surface area contributed by atoms with Crippen LogP contribution < -0.4 is 0 Å². The van der Waals surface area contributed by atoms with Gasteiger partial charge in [-0.1, -0.05) is 36.3 Å². The first kappa shape index (κ1) is 11.2. The second kappa shape index (κ2) is 4.54. The molecule has 1 aromatic carbocycles. The van der Waals surface area contributed by atoms with E-state index in [1.165, 1.54) is 0 Å². The standard InChI is InChI=1S/C10H7BrF2O/c11-10(12,13)7-6-9(14)8-4-2-1-3-5-8/h1-5,9,14H. The SMILES string of the molecule is OC(C#CC(F)(F)Br)c1ccccc1. The van der Waals surface area contributed by atoms with E-state index in [0.29, 0.717) is 5.56 Å². The van der Waals surface area contributed by atoms with Gasteiger partial charge in [-0.25, -0.2) is 0 Å². The third-order valence-electron chi connectivity index (χ3n) is 1.47. The molecule has 0 fully saturated rings. The van der Waals surface area contributed by atoms with Crippen molar-refractivity contribution in [2.45, 2.75) is 10.9 Å². The first-order valence-electron chi connectivity index (χ1n) is 3.81. The minimum absolute atomic E-state index is 0.497. The van der Waals surface area contributed by atoms with Crippen LogP contribution in [0.25, 0.3) is 0 Å². The van der Waals surface area contributed by atoms with E-state index in [2.05, 4.69) is 15.9 Å². The fourth-order valence-electron chi connectivity index (χ4n) is 0.869. The van der Waals surface area contributed by atoms with Gasteiger partial charge in [0.2, 0.25) is 0 Å². The lowest BCUT2D eigenvalue weighted by Gasteiger charge is -2.02. The minimum Gasteiger partial charge on any atom is -0.376 e. The quantitative estimate of drug-likeness (QED) is 0.608. The zero-order valence-electron chi connectivity index (χ0n) is 7.05. The molecule has 0 saturated heterocycles. The molecule has 4 heteroatoms. The fourth-order valence-corrected chi connectivity index (χ4v) is 0.983. The summed E-state index contributed by atoms with van der Waals surface area (Å²) in [7, 11) is 0. The molecule has 14 heavy (non-hydrogen) atoms. The molecule has 0 heterocycles. The van der Waals surface area contributed by atoms with Crippen molar-refractivity contribution < 1.29 is 13.9 Å². The van der Waals surface area contributed by atoms with Gasteiger partial charge < -0.3 is 5.11 Å². The van der Waals surface area contributed by atoms with Crippen LogP contribution in [0.2, 0.25) is 0 Å². The number of benzene rings is 1. The highest BCUT2D eigenvalue weighted by Gasteiger charge is 2.19. The van der Waals surface area contributed by atoms with E-state index in [1.54, 1.807) is 36.3 Å². The maximum atomic E-state index is 12.2. The topological polar surface area (TPSA) is 20.2 Å². The van der Waals surface area contributed by atoms with Crippen molar-refractivity contribution in [1.29, 1.82) is 0 Å². The normalized spacial score (nSPS) is 12.9. The second-order valence-corrected chi connectivity index (χ2v) is 3.58. The second-order valence-electron chi connectivity index (χ2n) is 2.58. The van der Waals surface area contributed by atoms with Gasteiger partial charge in [0.25, 0.3) is 0 Å². The van der Waals surface area contributed by atoms with Gasteiger partial charge in [0, 0.05) is 15.9 Å². The number of aliphatic hydroxyl groups excluding tert-OH is 1. The van der Waals surface area contributed by atoms with Crippen molar-refractivity contribution in [2.24, 2.45) is 0 Å². The Balaban J connectivity index is 2.76. The molecule has 0 aliphatic carbocycles. The van der Waals surface area contributed by atoms with Gasteiger partial charge in [0.1, 0.15) is 6.10 Å². The molecule has 0 spiro atoms. The highest BCUT2D eigenvalue weighted by Crippen LogP contribution is 2.20. The van der Waals surface area contributed by atoms with Gasteiger partial charge in [-0.15, -0.1) is 0 Å². The van der Waals surface area contributed by atoms with Crippen molar-refractivity contribution in [3.05, 3.63) is 35.9 Å². The molecule has 1 rings (SSSR count). The molecule has 0 aliphatic rings. The van der Waals surface area contributed by atoms with Crippen molar-refractivity contribution in [1.82, 2.24) is 0 Å². The molecule has 0 amide bonds. The molecule has 1 N–H and O–H groups in total. The summed E-state index contributed by atoms with van der Waals surface area (Å²) in [6, 6.07) is 8.40. The number of aliphatic hydroxyl groups is 1. The van der Waals surface area contributed by atoms with Crippen LogP contribution in [-0.2, 0) is 0 Å². The van der Waals surface area contributed by atoms with Crippen molar-refractivity contribution in [3.8, 4) is 11.8 Å². The average molecular weight is 261 g/mol. The summed E-state index contributed by atoms with van der Waals surface area (Å²) in [6.07, 6.45) is -1.18. The van der Waals surface area contributed by atoms with E-state index in [1.807, 2.05) is 5.92 Å². The molecule has 0 radical (unpaired) electrons. The lowest BCUT2D eigenvalue weighted by molar-refractivity contribution is 0.180. The molecule has 1 aromatic rings. The van der Waals surface area contributed by atoms with Crippen LogP contribution in [0.15, 0.2) is 30.3 Å². The molecule has 0 saturated carbocycles. The molecule has 1 unspecified atom stereocenters. The first-order chi connectivity index (χ1) is 6.49. The predicted octanol–water partition coefficient (Wildman–Crippen LogP) is 2.71. The molecule has 1 nitrogen and oxygen atoms in total. The third kappa shape index (κ3) is 3.86. The zero-order chi connectivity index (χ0) is 10.6. The van der Waals surface area contributed by atoms with E-state index < -0.39 is 10.9 Å². The lowest BCUT2D eigenvalue weighted by Crippen LogP contribution is -2.01. The van der Waals surface area contributed by atoms with E-state index in [-0.39, 0.29) is 0 Å². The van der Waals surface area contributed by atoms with Gasteiger partial charge in [-0.05, 0) is 11.5 Å². The maximum Gasteiger partial charge on any atom is 0.363 e. The van der Waals surface area contributed by atoms with E-state index >= 15 is 0 Å². The van der Waals surface area contributed by atoms with Crippen LogP contribution in [0.5, 0.6) is 0 Å². The van der Waals surface area contributed by atoms with Gasteiger partial charge in [-0.2, -0.15) is 8.78 Å². The minimum atomic E-state index is -3.25. The Morgan fingerprint density at radius 2 is 1.86 bits per heavy atom. The third-order valence-corrected chi connectivity index (χ3v) is 1.66. The summed E-state index contributed by atoms with van der Waals surface area (Å²) in [5, 5.41) is 9.36. The van der Waals surface area contributed by atoms with Crippen LogP contribution >= 0.6 is 15.9 Å². The van der Waals surface area contributed by atoms with Crippen LogP contribution in [-0.4, -0.2) is 9.94 Å². The number of alkyl halides is 3. The molecule has 1 atom stereocenters. The monoisotopic (exact) mass is 260 g/mol. The van der Waals surface area contributed by atoms with Gasteiger partial charge in [0.15, 0.2) is 0 Å². The predicted molar refractivity (Wildman–Crippen MR) is 53.1 cm³/mol. The summed E-state index contributed by atoms with van der Waals surface area (Å²) in [5.41, 5.74) is 0.497. The van der Waals surface area contributed by atoms with E-state index in [9.17, 15) is 13.9 Å². The summed E-state index contributed by atoms with van der Waals surface area (Å²) in [4.78, 5) is -3.25. The molecular weight excluding hydrogens is 254 g/mol. The number of rotatable bonds is 1. The smallest absolute Gasteiger partial charge is 0.363 e. The van der Waals surface area contributed by atoms with Crippen LogP contribution in [0.1, 0.15) is 11.7 Å². The first-order valence-corrected chi connectivity index (χ1v) is 4.61. The van der Waals surface area contributed by atoms with Crippen molar-refractivity contribution >= 4 is 15.9 Å². The molecule has 0 bridgehead atoms. The van der Waals surface area contributed by atoms with Crippen LogP contribution in [0.4, 0.5) is 8.78 Å². The lowest BCUT2D eigenvalue weighted by atomic mass is 10.1. The molecule has 0 aliphatic heterocycles. The maximum absolute atomic E-state index is 12.2. The molecule has 74 valence electrons. The van der Waals surface area contributed by atoms with Crippen molar-refractivity contribution in [2.75, 3.05) is 0 Å². The van der Waals surface area contributed by atoms with Crippen molar-refractivity contribution in [3.63, 3.8) is 0 Å². The van der Waals surface area contributed by atoms with E-state index in [0.717, 1.165) is 0 Å². The van der Waals surface area contributed by atoms with Crippen LogP contribution in [0, 0.1) is 11.8 Å². The van der Waals surface area contributed by atoms with Gasteiger partial charge in [-0.3, -0.25) is 0 Å². The number of hydrogen-bond donors (Lipinski definition) is 1. The summed E-state index contributed by atoms with van der Waals surface area (Å²) < 4.78 is 24.5. The Kier molecular flexibility index (Phi) is 3.62. The Morgan fingerprint density at radius 1 is 1.29 bits per heavy atom. The van der Waals surface area contributed by atoms with Gasteiger partial charge >= 0.3 is 4.83 Å². The largest absolute Gasteiger partial charge is 0.376 e. The Hall–Kier alpha value is -0.920. The summed E-state index contributed by atoms with van der Waals surface area (Å²) in [5.74, 6) is 3.65.